The van der Waals surface area contributed by atoms with E-state index in [0.29, 0.717) is 5.92 Å². The monoisotopic (exact) mass is 156 g/mol. The second-order valence-corrected chi connectivity index (χ2v) is 3.18. The van der Waals surface area contributed by atoms with Crippen molar-refractivity contribution in [1.82, 2.24) is 9.78 Å². The van der Waals surface area contributed by atoms with Gasteiger partial charge in [-0.3, -0.25) is 4.68 Å². The molecule has 1 N–H and O–H groups in total. The zero-order chi connectivity index (χ0) is 7.72. The SMILES string of the molecule is CC(C)c1cc(=S)n(C)[nH]1. The maximum Gasteiger partial charge on any atom is 0.121 e. The third kappa shape index (κ3) is 1.29. The van der Waals surface area contributed by atoms with E-state index in [9.17, 15) is 0 Å². The molecular formula is C7H12N2S. The molecule has 0 aliphatic heterocycles. The fraction of sp³-hybridized carbons (Fsp3) is 0.571. The Labute approximate surface area is 65.9 Å². The normalized spacial score (nSPS) is 10.8. The zero-order valence-corrected chi connectivity index (χ0v) is 7.33. The summed E-state index contributed by atoms with van der Waals surface area (Å²) >= 11 is 5.03. The van der Waals surface area contributed by atoms with Crippen LogP contribution in [0.2, 0.25) is 0 Å². The number of nitrogens with one attached hydrogen (secondary N) is 1. The Morgan fingerprint density at radius 1 is 1.60 bits per heavy atom. The van der Waals surface area contributed by atoms with E-state index in [0.717, 1.165) is 4.64 Å². The molecule has 0 unspecified atom stereocenters. The van der Waals surface area contributed by atoms with Crippen LogP contribution in [0.25, 0.3) is 0 Å². The number of H-pyrrole nitrogens is 1. The number of aromatic nitrogens is 2. The molecule has 1 heterocycles. The Morgan fingerprint density at radius 2 is 2.20 bits per heavy atom. The van der Waals surface area contributed by atoms with Crippen molar-refractivity contribution in [2.45, 2.75) is 19.8 Å². The molecule has 1 aromatic rings. The third-order valence-corrected chi connectivity index (χ3v) is 1.92. The van der Waals surface area contributed by atoms with Gasteiger partial charge < -0.3 is 5.10 Å². The smallest absolute Gasteiger partial charge is 0.121 e. The maximum atomic E-state index is 5.03. The molecule has 0 amide bonds. The van der Waals surface area contributed by atoms with Gasteiger partial charge in [0.2, 0.25) is 0 Å². The first-order chi connectivity index (χ1) is 4.61. The Bertz CT molecular complexity index is 269. The highest BCUT2D eigenvalue weighted by Gasteiger charge is 2.00. The van der Waals surface area contributed by atoms with Crippen LogP contribution >= 0.6 is 12.2 Å². The number of aryl methyl sites for hydroxylation is 1. The lowest BCUT2D eigenvalue weighted by molar-refractivity contribution is 0.707. The summed E-state index contributed by atoms with van der Waals surface area (Å²) < 4.78 is 2.72. The lowest BCUT2D eigenvalue weighted by Crippen LogP contribution is -1.92. The van der Waals surface area contributed by atoms with Crippen LogP contribution < -0.4 is 0 Å². The molecule has 0 spiro atoms. The van der Waals surface area contributed by atoms with Gasteiger partial charge in [0, 0.05) is 12.7 Å². The average molecular weight is 156 g/mol. The predicted octanol–water partition coefficient (Wildman–Crippen LogP) is 2.21. The van der Waals surface area contributed by atoms with E-state index in [1.54, 1.807) is 0 Å². The lowest BCUT2D eigenvalue weighted by atomic mass is 10.1. The zero-order valence-electron chi connectivity index (χ0n) is 6.51. The van der Waals surface area contributed by atoms with Gasteiger partial charge in [0.1, 0.15) is 4.64 Å². The summed E-state index contributed by atoms with van der Waals surface area (Å²) in [5.41, 5.74) is 1.20. The summed E-state index contributed by atoms with van der Waals surface area (Å²) in [6.07, 6.45) is 0. The van der Waals surface area contributed by atoms with Gasteiger partial charge in [-0.1, -0.05) is 26.1 Å². The Morgan fingerprint density at radius 3 is 2.40 bits per heavy atom. The highest BCUT2D eigenvalue weighted by atomic mass is 32.1. The molecule has 56 valence electrons. The molecule has 1 aromatic heterocycles. The third-order valence-electron chi connectivity index (χ3n) is 1.53. The van der Waals surface area contributed by atoms with Gasteiger partial charge in [0.25, 0.3) is 0 Å². The van der Waals surface area contributed by atoms with Crippen LogP contribution in [0.5, 0.6) is 0 Å². The summed E-state index contributed by atoms with van der Waals surface area (Å²) in [6.45, 7) is 4.28. The van der Waals surface area contributed by atoms with Crippen molar-refractivity contribution in [3.63, 3.8) is 0 Å². The fourth-order valence-electron chi connectivity index (χ4n) is 0.807. The van der Waals surface area contributed by atoms with Crippen molar-refractivity contribution in [3.05, 3.63) is 16.4 Å². The first-order valence-corrected chi connectivity index (χ1v) is 3.78. The predicted molar refractivity (Wildman–Crippen MR) is 44.7 cm³/mol. The van der Waals surface area contributed by atoms with E-state index in [1.807, 2.05) is 17.8 Å². The molecule has 0 aliphatic carbocycles. The van der Waals surface area contributed by atoms with Crippen molar-refractivity contribution in [1.29, 1.82) is 0 Å². The van der Waals surface area contributed by atoms with Gasteiger partial charge in [0.05, 0.1) is 0 Å². The van der Waals surface area contributed by atoms with Gasteiger partial charge in [-0.15, -0.1) is 0 Å². The molecule has 0 bridgehead atoms. The number of nitrogens with zero attached hydrogens (tertiary/aromatic N) is 1. The number of hydrogen-bond donors (Lipinski definition) is 1. The molecular weight excluding hydrogens is 144 g/mol. The first-order valence-electron chi connectivity index (χ1n) is 3.37. The summed E-state index contributed by atoms with van der Waals surface area (Å²) in [5.74, 6) is 0.530. The number of rotatable bonds is 1. The van der Waals surface area contributed by atoms with Crippen molar-refractivity contribution in [2.75, 3.05) is 0 Å². The van der Waals surface area contributed by atoms with Gasteiger partial charge in [-0.05, 0) is 12.0 Å². The topological polar surface area (TPSA) is 20.7 Å². The molecule has 0 radical (unpaired) electrons. The summed E-state index contributed by atoms with van der Waals surface area (Å²) in [4.78, 5) is 0. The Balaban J connectivity index is 3.10. The van der Waals surface area contributed by atoms with Crippen molar-refractivity contribution in [2.24, 2.45) is 7.05 Å². The first kappa shape index (κ1) is 7.54. The van der Waals surface area contributed by atoms with E-state index < -0.39 is 0 Å². The van der Waals surface area contributed by atoms with Crippen LogP contribution in [0.3, 0.4) is 0 Å². The quantitative estimate of drug-likeness (QED) is 0.618. The van der Waals surface area contributed by atoms with Crippen LogP contribution in [0.1, 0.15) is 25.5 Å². The van der Waals surface area contributed by atoms with E-state index in [4.69, 9.17) is 12.2 Å². The lowest BCUT2D eigenvalue weighted by Gasteiger charge is -1.98. The summed E-state index contributed by atoms with van der Waals surface area (Å²) in [5, 5.41) is 3.16. The second kappa shape index (κ2) is 2.58. The molecule has 3 heteroatoms. The van der Waals surface area contributed by atoms with Gasteiger partial charge >= 0.3 is 0 Å². The minimum Gasteiger partial charge on any atom is -0.302 e. The van der Waals surface area contributed by atoms with Crippen LogP contribution in [-0.4, -0.2) is 9.78 Å². The van der Waals surface area contributed by atoms with Crippen LogP contribution in [0.4, 0.5) is 0 Å². The molecule has 0 fully saturated rings. The second-order valence-electron chi connectivity index (χ2n) is 2.76. The Hall–Kier alpha value is -0.570. The van der Waals surface area contributed by atoms with E-state index in [-0.39, 0.29) is 0 Å². The standard InChI is InChI=1S/C7H12N2S/c1-5(2)6-4-7(10)9(3)8-6/h4-5,8H,1-3H3. The van der Waals surface area contributed by atoms with Crippen molar-refractivity contribution in [3.8, 4) is 0 Å². The van der Waals surface area contributed by atoms with Crippen LogP contribution in [0.15, 0.2) is 6.07 Å². The highest BCUT2D eigenvalue weighted by Crippen LogP contribution is 2.10. The van der Waals surface area contributed by atoms with Crippen LogP contribution in [-0.2, 0) is 7.05 Å². The average Bonchev–Trinajstić information content (AvgIpc) is 2.13. The largest absolute Gasteiger partial charge is 0.302 e. The van der Waals surface area contributed by atoms with Gasteiger partial charge in [-0.2, -0.15) is 0 Å². The van der Waals surface area contributed by atoms with E-state index in [1.165, 1.54) is 5.69 Å². The van der Waals surface area contributed by atoms with Gasteiger partial charge in [-0.25, -0.2) is 0 Å². The van der Waals surface area contributed by atoms with Crippen molar-refractivity contribution < 1.29 is 0 Å². The minimum atomic E-state index is 0.530. The summed E-state index contributed by atoms with van der Waals surface area (Å²) in [7, 11) is 1.92. The maximum absolute atomic E-state index is 5.03. The summed E-state index contributed by atoms with van der Waals surface area (Å²) in [6, 6.07) is 2.00. The van der Waals surface area contributed by atoms with Gasteiger partial charge in [0.15, 0.2) is 0 Å². The van der Waals surface area contributed by atoms with E-state index in [2.05, 4.69) is 18.9 Å². The van der Waals surface area contributed by atoms with E-state index >= 15 is 0 Å². The molecule has 0 aromatic carbocycles. The molecule has 10 heavy (non-hydrogen) atoms. The molecule has 1 rings (SSSR count). The van der Waals surface area contributed by atoms with Crippen molar-refractivity contribution >= 4 is 12.2 Å². The molecule has 2 nitrogen and oxygen atoms in total. The number of aromatic amines is 1. The molecule has 0 saturated carbocycles. The molecule has 0 saturated heterocycles. The molecule has 0 atom stereocenters. The molecule has 0 aliphatic rings. The fourth-order valence-corrected chi connectivity index (χ4v) is 0.979. The minimum absolute atomic E-state index is 0.530. The Kier molecular flexibility index (Phi) is 1.94. The number of hydrogen-bond acceptors (Lipinski definition) is 1. The van der Waals surface area contributed by atoms with Crippen LogP contribution in [0, 0.1) is 4.64 Å². The highest BCUT2D eigenvalue weighted by molar-refractivity contribution is 7.71.